The highest BCUT2D eigenvalue weighted by Gasteiger charge is 2.32. The molecule has 7 heteroatoms. The monoisotopic (exact) mass is 578 g/mol. The third-order valence-corrected chi connectivity index (χ3v) is 9.69. The predicted octanol–water partition coefficient (Wildman–Crippen LogP) is 7.42. The van der Waals surface area contributed by atoms with Gasteiger partial charge in [0, 0.05) is 32.6 Å². The maximum atomic E-state index is 11.6. The van der Waals surface area contributed by atoms with E-state index >= 15 is 0 Å². The van der Waals surface area contributed by atoms with Crippen molar-refractivity contribution < 1.29 is 19.4 Å². The number of carboxylic acid groups (broad SMARTS) is 1. The quantitative estimate of drug-likeness (QED) is 0.295. The van der Waals surface area contributed by atoms with Gasteiger partial charge in [0.25, 0.3) is 0 Å². The van der Waals surface area contributed by atoms with Gasteiger partial charge in [0.15, 0.2) is 0 Å². The van der Waals surface area contributed by atoms with E-state index in [-0.39, 0.29) is 17.9 Å². The van der Waals surface area contributed by atoms with Crippen LogP contribution in [0.3, 0.4) is 0 Å². The lowest BCUT2D eigenvalue weighted by Crippen LogP contribution is -2.24. The zero-order chi connectivity index (χ0) is 29.9. The molecule has 0 atom stereocenters. The molecule has 41 heavy (non-hydrogen) atoms. The normalized spacial score (nSPS) is 16.7. The first kappa shape index (κ1) is 31.0. The summed E-state index contributed by atoms with van der Waals surface area (Å²) in [5, 5.41) is 9.27. The number of aliphatic carboxylic acids is 1. The summed E-state index contributed by atoms with van der Waals surface area (Å²) < 4.78 is 9.18. The molecule has 3 aromatic rings. The predicted molar refractivity (Wildman–Crippen MR) is 165 cm³/mol. The molecule has 5 rings (SSSR count). The van der Waals surface area contributed by atoms with Gasteiger partial charge in [-0.25, -0.2) is 0 Å². The average molecular weight is 579 g/mol. The number of carboxylic acids is 1. The lowest BCUT2D eigenvalue weighted by molar-refractivity contribution is -0.144. The molecule has 2 aliphatic carbocycles. The Labute approximate surface area is 249 Å². The lowest BCUT2D eigenvalue weighted by atomic mass is 9.76. The highest BCUT2D eigenvalue weighted by Crippen LogP contribution is 2.44. The lowest BCUT2D eigenvalue weighted by Gasteiger charge is -2.30. The van der Waals surface area contributed by atoms with E-state index < -0.39 is 5.97 Å². The Balaban J connectivity index is 0.000000195. The molecule has 0 amide bonds. The Kier molecular flexibility index (Phi) is 9.47. The van der Waals surface area contributed by atoms with Crippen molar-refractivity contribution >= 4 is 23.7 Å². The SMILES string of the molecule is CCOC(=O)Cn1c(C)cc2c1CCC(C)(C)C2.Cc1c(Sc2ccccc2)c2c(n1CC(=O)O)CCC(C)(C)C2. The number of aromatic nitrogens is 2. The molecule has 0 bridgehead atoms. The average Bonchev–Trinajstić information content (AvgIpc) is 3.31. The summed E-state index contributed by atoms with van der Waals surface area (Å²) in [4.78, 5) is 25.4. The van der Waals surface area contributed by atoms with Crippen LogP contribution in [-0.4, -0.2) is 32.8 Å². The topological polar surface area (TPSA) is 73.5 Å². The van der Waals surface area contributed by atoms with Crippen LogP contribution in [0.2, 0.25) is 0 Å². The molecule has 2 aliphatic rings. The van der Waals surface area contributed by atoms with Gasteiger partial charge < -0.3 is 19.0 Å². The number of aryl methyl sites for hydroxylation is 1. The zero-order valence-electron chi connectivity index (χ0n) is 25.8. The molecule has 222 valence electrons. The second-order valence-electron chi connectivity index (χ2n) is 13.1. The zero-order valence-corrected chi connectivity index (χ0v) is 26.6. The maximum Gasteiger partial charge on any atom is 0.325 e. The fraction of sp³-hybridized carbons (Fsp3) is 0.529. The summed E-state index contributed by atoms with van der Waals surface area (Å²) in [6, 6.07) is 12.6. The molecule has 1 N–H and O–H groups in total. The minimum Gasteiger partial charge on any atom is -0.480 e. The first-order valence-corrected chi connectivity index (χ1v) is 15.6. The number of carbonyl (C=O) groups is 2. The Morgan fingerprint density at radius 2 is 1.56 bits per heavy atom. The summed E-state index contributed by atoms with van der Waals surface area (Å²) in [7, 11) is 0. The van der Waals surface area contributed by atoms with Crippen LogP contribution in [0.1, 0.15) is 81.4 Å². The van der Waals surface area contributed by atoms with E-state index in [0.29, 0.717) is 18.6 Å². The minimum absolute atomic E-state index is 0.0595. The molecule has 0 saturated carbocycles. The molecular formula is C34H46N2O4S. The van der Waals surface area contributed by atoms with Gasteiger partial charge in [-0.1, -0.05) is 57.7 Å². The molecule has 2 heterocycles. The van der Waals surface area contributed by atoms with E-state index in [2.05, 4.69) is 64.3 Å². The van der Waals surface area contributed by atoms with Crippen LogP contribution in [0.5, 0.6) is 0 Å². The van der Waals surface area contributed by atoms with Gasteiger partial charge in [0.05, 0.1) is 6.61 Å². The molecule has 0 saturated heterocycles. The molecular weight excluding hydrogens is 532 g/mol. The van der Waals surface area contributed by atoms with E-state index in [1.54, 1.807) is 11.8 Å². The van der Waals surface area contributed by atoms with Crippen molar-refractivity contribution in [1.82, 2.24) is 9.13 Å². The second-order valence-corrected chi connectivity index (χ2v) is 14.1. The highest BCUT2D eigenvalue weighted by molar-refractivity contribution is 7.99. The fourth-order valence-corrected chi connectivity index (χ4v) is 7.39. The van der Waals surface area contributed by atoms with Crippen LogP contribution in [0.15, 0.2) is 46.2 Å². The Morgan fingerprint density at radius 1 is 0.927 bits per heavy atom. The van der Waals surface area contributed by atoms with Gasteiger partial charge >= 0.3 is 11.9 Å². The van der Waals surface area contributed by atoms with Gasteiger partial charge in [-0.05, 0) is 99.5 Å². The summed E-state index contributed by atoms with van der Waals surface area (Å²) in [5.74, 6) is -0.907. The number of benzene rings is 1. The Bertz CT molecular complexity index is 1400. The summed E-state index contributed by atoms with van der Waals surface area (Å²) in [5.41, 5.74) is 8.25. The molecule has 1 aromatic carbocycles. The van der Waals surface area contributed by atoms with Gasteiger partial charge in [-0.15, -0.1) is 0 Å². The third-order valence-electron chi connectivity index (χ3n) is 8.44. The van der Waals surface area contributed by atoms with E-state index in [4.69, 9.17) is 4.74 Å². The Morgan fingerprint density at radius 3 is 2.20 bits per heavy atom. The van der Waals surface area contributed by atoms with Gasteiger partial charge in [0.1, 0.15) is 13.1 Å². The maximum absolute atomic E-state index is 11.6. The summed E-state index contributed by atoms with van der Waals surface area (Å²) >= 11 is 1.76. The van der Waals surface area contributed by atoms with E-state index in [1.165, 1.54) is 44.4 Å². The largest absolute Gasteiger partial charge is 0.480 e. The van der Waals surface area contributed by atoms with Crippen LogP contribution < -0.4 is 0 Å². The van der Waals surface area contributed by atoms with E-state index in [0.717, 1.165) is 37.8 Å². The molecule has 0 fully saturated rings. The minimum atomic E-state index is -0.771. The number of fused-ring (bicyclic) bond motifs is 2. The third kappa shape index (κ3) is 7.48. The van der Waals surface area contributed by atoms with Crippen LogP contribution in [0.4, 0.5) is 0 Å². The van der Waals surface area contributed by atoms with Crippen LogP contribution in [0.25, 0.3) is 0 Å². The molecule has 0 spiro atoms. The van der Waals surface area contributed by atoms with Crippen LogP contribution in [0, 0.1) is 24.7 Å². The van der Waals surface area contributed by atoms with Gasteiger partial charge in [-0.3, -0.25) is 9.59 Å². The van der Waals surface area contributed by atoms with Crippen molar-refractivity contribution in [2.24, 2.45) is 10.8 Å². The van der Waals surface area contributed by atoms with Crippen molar-refractivity contribution in [1.29, 1.82) is 0 Å². The number of hydrogen-bond acceptors (Lipinski definition) is 4. The molecule has 2 aromatic heterocycles. The molecule has 0 aliphatic heterocycles. The van der Waals surface area contributed by atoms with Crippen molar-refractivity contribution in [3.63, 3.8) is 0 Å². The smallest absolute Gasteiger partial charge is 0.325 e. The Hall–Kier alpha value is -2.93. The van der Waals surface area contributed by atoms with Gasteiger partial charge in [0.2, 0.25) is 0 Å². The summed E-state index contributed by atoms with van der Waals surface area (Å²) in [6.07, 6.45) is 6.45. The van der Waals surface area contributed by atoms with Crippen molar-refractivity contribution in [2.75, 3.05) is 6.61 Å². The van der Waals surface area contributed by atoms with Crippen molar-refractivity contribution in [2.45, 2.75) is 110 Å². The van der Waals surface area contributed by atoms with Crippen molar-refractivity contribution in [3.05, 3.63) is 70.3 Å². The first-order chi connectivity index (χ1) is 19.3. The molecule has 0 radical (unpaired) electrons. The molecule has 0 unspecified atom stereocenters. The number of rotatable bonds is 7. The van der Waals surface area contributed by atoms with Crippen LogP contribution in [-0.2, 0) is 53.1 Å². The van der Waals surface area contributed by atoms with Gasteiger partial charge in [-0.2, -0.15) is 0 Å². The van der Waals surface area contributed by atoms with E-state index in [9.17, 15) is 14.7 Å². The standard InChI is InChI=1S/C19H23NO2S.C15H23NO2/c1-13-18(23-14-7-5-4-6-8-14)15-11-19(2,3)10-9-16(15)20(13)12-17(21)22;1-5-18-14(17)10-16-11(2)8-12-9-15(3,4)7-6-13(12)16/h4-8H,9-12H2,1-3H3,(H,21,22);8H,5-7,9-10H2,1-4H3. The number of nitrogens with zero attached hydrogens (tertiary/aromatic N) is 2. The number of esters is 1. The summed E-state index contributed by atoms with van der Waals surface area (Å²) in [6.45, 7) is 16.1. The molecule has 6 nitrogen and oxygen atoms in total. The number of hydrogen-bond donors (Lipinski definition) is 1. The van der Waals surface area contributed by atoms with E-state index in [1.807, 2.05) is 29.7 Å². The highest BCUT2D eigenvalue weighted by atomic mass is 32.2. The fourth-order valence-electron chi connectivity index (χ4n) is 6.29. The van der Waals surface area contributed by atoms with Crippen molar-refractivity contribution in [3.8, 4) is 0 Å². The van der Waals surface area contributed by atoms with Crippen LogP contribution >= 0.6 is 11.8 Å². The number of carbonyl (C=O) groups excluding carboxylic acids is 1. The number of ether oxygens (including phenoxy) is 1. The first-order valence-electron chi connectivity index (χ1n) is 14.8. The second kappa shape index (κ2) is 12.5.